The molecule has 0 heterocycles. The second kappa shape index (κ2) is 7.51. The Labute approximate surface area is 120 Å². The van der Waals surface area contributed by atoms with E-state index in [0.29, 0.717) is 0 Å². The average molecular weight is 283 g/mol. The van der Waals surface area contributed by atoms with Crippen LogP contribution in [-0.2, 0) is 4.79 Å². The lowest BCUT2D eigenvalue weighted by atomic mass is 10.1. The highest BCUT2D eigenvalue weighted by Gasteiger charge is 2.17. The van der Waals surface area contributed by atoms with Crippen LogP contribution >= 0.6 is 11.6 Å². The fourth-order valence-corrected chi connectivity index (χ4v) is 1.89. The molecule has 0 fully saturated rings. The molecule has 0 aliphatic rings. The number of carbonyl (C=O) groups is 1. The quantitative estimate of drug-likeness (QED) is 0.841. The number of hydrogen-bond donors (Lipinski definition) is 2. The van der Waals surface area contributed by atoms with E-state index in [2.05, 4.69) is 17.6 Å². The Morgan fingerprint density at radius 3 is 2.32 bits per heavy atom. The van der Waals surface area contributed by atoms with E-state index >= 15 is 0 Å². The van der Waals surface area contributed by atoms with Crippen molar-refractivity contribution in [1.29, 1.82) is 0 Å². The lowest BCUT2D eigenvalue weighted by molar-refractivity contribution is -0.123. The monoisotopic (exact) mass is 282 g/mol. The van der Waals surface area contributed by atoms with E-state index in [4.69, 9.17) is 11.6 Å². The summed E-state index contributed by atoms with van der Waals surface area (Å²) in [5.41, 5.74) is 1.12. The van der Waals surface area contributed by atoms with E-state index in [-0.39, 0.29) is 24.0 Å². The first-order valence-corrected chi connectivity index (χ1v) is 7.13. The van der Waals surface area contributed by atoms with Crippen LogP contribution in [0.25, 0.3) is 0 Å². The average Bonchev–Trinajstić information content (AvgIpc) is 2.38. The summed E-state index contributed by atoms with van der Waals surface area (Å²) in [5.74, 6) is 0.0372. The molecule has 0 spiro atoms. The molecule has 106 valence electrons. The third-order valence-electron chi connectivity index (χ3n) is 3.26. The Bertz CT molecular complexity index is 405. The predicted molar refractivity (Wildman–Crippen MR) is 80.4 cm³/mol. The normalized spacial score (nSPS) is 15.6. The number of hydrogen-bond acceptors (Lipinski definition) is 2. The summed E-state index contributed by atoms with van der Waals surface area (Å²) >= 11 is 5.86. The molecule has 2 unspecified atom stereocenters. The van der Waals surface area contributed by atoms with Crippen molar-refractivity contribution in [2.75, 3.05) is 0 Å². The minimum Gasteiger partial charge on any atom is -0.352 e. The zero-order chi connectivity index (χ0) is 14.4. The Balaban J connectivity index is 2.53. The molecule has 4 heteroatoms. The van der Waals surface area contributed by atoms with Crippen LogP contribution < -0.4 is 10.6 Å². The van der Waals surface area contributed by atoms with Crippen LogP contribution in [0, 0.1) is 0 Å². The maximum atomic E-state index is 11.9. The van der Waals surface area contributed by atoms with Crippen LogP contribution in [0.5, 0.6) is 0 Å². The van der Waals surface area contributed by atoms with Crippen LogP contribution in [0.4, 0.5) is 0 Å². The Kier molecular flexibility index (Phi) is 6.32. The van der Waals surface area contributed by atoms with Gasteiger partial charge in [0.05, 0.1) is 6.04 Å². The minimum atomic E-state index is -0.223. The van der Waals surface area contributed by atoms with Crippen LogP contribution in [0.2, 0.25) is 5.02 Å². The molecule has 3 atom stereocenters. The second-order valence-electron chi connectivity index (χ2n) is 4.98. The zero-order valence-corrected chi connectivity index (χ0v) is 12.8. The molecular weight excluding hydrogens is 260 g/mol. The molecule has 0 saturated carbocycles. The van der Waals surface area contributed by atoms with Crippen molar-refractivity contribution in [3.05, 3.63) is 34.9 Å². The summed E-state index contributed by atoms with van der Waals surface area (Å²) in [4.78, 5) is 11.9. The van der Waals surface area contributed by atoms with Crippen molar-refractivity contribution < 1.29 is 4.79 Å². The molecule has 0 aliphatic heterocycles. The Hall–Kier alpha value is -1.06. The van der Waals surface area contributed by atoms with E-state index in [9.17, 15) is 4.79 Å². The largest absolute Gasteiger partial charge is 0.352 e. The number of halogens is 1. The van der Waals surface area contributed by atoms with Gasteiger partial charge in [0, 0.05) is 17.1 Å². The fourth-order valence-electron chi connectivity index (χ4n) is 1.77. The van der Waals surface area contributed by atoms with Crippen molar-refractivity contribution in [2.45, 2.75) is 52.2 Å². The molecule has 1 rings (SSSR count). The summed E-state index contributed by atoms with van der Waals surface area (Å²) in [5, 5.41) is 6.98. The number of rotatable bonds is 6. The SMILES string of the molecule is CCC(C)NC(=O)C(C)N[C@@H](C)c1ccc(Cl)cc1. The topological polar surface area (TPSA) is 41.1 Å². The van der Waals surface area contributed by atoms with E-state index in [1.165, 1.54) is 0 Å². The first-order valence-electron chi connectivity index (χ1n) is 6.76. The summed E-state index contributed by atoms with van der Waals surface area (Å²) in [7, 11) is 0. The zero-order valence-electron chi connectivity index (χ0n) is 12.0. The number of carbonyl (C=O) groups excluding carboxylic acids is 1. The van der Waals surface area contributed by atoms with Gasteiger partial charge in [0.1, 0.15) is 0 Å². The molecule has 3 nitrogen and oxygen atoms in total. The molecule has 0 saturated heterocycles. The predicted octanol–water partition coefficient (Wildman–Crippen LogP) is 3.29. The minimum absolute atomic E-state index is 0.0372. The molecule has 1 aromatic carbocycles. The maximum Gasteiger partial charge on any atom is 0.237 e. The number of benzene rings is 1. The van der Waals surface area contributed by atoms with Crippen LogP contribution in [0.1, 0.15) is 45.7 Å². The third-order valence-corrected chi connectivity index (χ3v) is 3.52. The third kappa shape index (κ3) is 5.21. The van der Waals surface area contributed by atoms with Gasteiger partial charge in [-0.3, -0.25) is 10.1 Å². The van der Waals surface area contributed by atoms with Gasteiger partial charge in [-0.25, -0.2) is 0 Å². The van der Waals surface area contributed by atoms with Crippen molar-refractivity contribution in [1.82, 2.24) is 10.6 Å². The lowest BCUT2D eigenvalue weighted by Crippen LogP contribution is -2.45. The molecule has 0 aliphatic carbocycles. The number of amides is 1. The van der Waals surface area contributed by atoms with E-state index in [0.717, 1.165) is 17.0 Å². The first kappa shape index (κ1) is 16.0. The molecule has 0 bridgehead atoms. The molecule has 1 aromatic rings. The van der Waals surface area contributed by atoms with Crippen LogP contribution in [0.3, 0.4) is 0 Å². The van der Waals surface area contributed by atoms with Gasteiger partial charge in [-0.2, -0.15) is 0 Å². The fraction of sp³-hybridized carbons (Fsp3) is 0.533. The molecule has 0 radical (unpaired) electrons. The van der Waals surface area contributed by atoms with Gasteiger partial charge in [-0.15, -0.1) is 0 Å². The Morgan fingerprint density at radius 1 is 1.21 bits per heavy atom. The van der Waals surface area contributed by atoms with Crippen LogP contribution in [0.15, 0.2) is 24.3 Å². The standard InChI is InChI=1S/C15H23ClN2O/c1-5-10(2)17-15(19)12(4)18-11(3)13-6-8-14(16)9-7-13/h6-12,18H,5H2,1-4H3,(H,17,19)/t10?,11-,12?/m0/s1. The summed E-state index contributed by atoms with van der Waals surface area (Å²) in [6.07, 6.45) is 0.936. The van der Waals surface area contributed by atoms with E-state index < -0.39 is 0 Å². The number of nitrogens with one attached hydrogen (secondary N) is 2. The highest BCUT2D eigenvalue weighted by Crippen LogP contribution is 2.16. The highest BCUT2D eigenvalue weighted by atomic mass is 35.5. The van der Waals surface area contributed by atoms with Gasteiger partial charge >= 0.3 is 0 Å². The van der Waals surface area contributed by atoms with Gasteiger partial charge in [-0.05, 0) is 44.9 Å². The van der Waals surface area contributed by atoms with E-state index in [1.807, 2.05) is 45.0 Å². The summed E-state index contributed by atoms with van der Waals surface area (Å²) in [6.45, 7) is 7.98. The van der Waals surface area contributed by atoms with Gasteiger partial charge in [0.15, 0.2) is 0 Å². The van der Waals surface area contributed by atoms with Crippen molar-refractivity contribution >= 4 is 17.5 Å². The summed E-state index contributed by atoms with van der Waals surface area (Å²) < 4.78 is 0. The second-order valence-corrected chi connectivity index (χ2v) is 5.42. The highest BCUT2D eigenvalue weighted by molar-refractivity contribution is 6.30. The maximum absolute atomic E-state index is 11.9. The van der Waals surface area contributed by atoms with Gasteiger partial charge in [0.2, 0.25) is 5.91 Å². The molecule has 19 heavy (non-hydrogen) atoms. The molecular formula is C15H23ClN2O. The Morgan fingerprint density at radius 2 is 1.79 bits per heavy atom. The van der Waals surface area contributed by atoms with Gasteiger partial charge in [-0.1, -0.05) is 30.7 Å². The van der Waals surface area contributed by atoms with Crippen molar-refractivity contribution in [2.24, 2.45) is 0 Å². The van der Waals surface area contributed by atoms with E-state index in [1.54, 1.807) is 0 Å². The molecule has 2 N–H and O–H groups in total. The van der Waals surface area contributed by atoms with Crippen molar-refractivity contribution in [3.63, 3.8) is 0 Å². The molecule has 1 amide bonds. The first-order chi connectivity index (χ1) is 8.93. The molecule has 0 aromatic heterocycles. The summed E-state index contributed by atoms with van der Waals surface area (Å²) in [6, 6.07) is 7.76. The smallest absolute Gasteiger partial charge is 0.237 e. The van der Waals surface area contributed by atoms with Crippen molar-refractivity contribution in [3.8, 4) is 0 Å². The lowest BCUT2D eigenvalue weighted by Gasteiger charge is -2.21. The van der Waals surface area contributed by atoms with Gasteiger partial charge < -0.3 is 5.32 Å². The van der Waals surface area contributed by atoms with Crippen LogP contribution in [-0.4, -0.2) is 18.0 Å². The van der Waals surface area contributed by atoms with Gasteiger partial charge in [0.25, 0.3) is 0 Å².